The zero-order valence-electron chi connectivity index (χ0n) is 7.87. The Labute approximate surface area is 111 Å². The first-order valence-corrected chi connectivity index (χ1v) is 4.25. The Morgan fingerprint density at radius 2 is 1.69 bits per heavy atom. The molecule has 0 radical (unpaired) electrons. The van der Waals surface area contributed by atoms with Gasteiger partial charge in [0.2, 0.25) is 0 Å². The number of aldehydes is 1. The van der Waals surface area contributed by atoms with Gasteiger partial charge in [0, 0.05) is 23.4 Å². The molecular weight excluding hydrogens is 263 g/mol. The van der Waals surface area contributed by atoms with Gasteiger partial charge in [0.05, 0.1) is 0 Å². The van der Waals surface area contributed by atoms with Crippen LogP contribution in [0.4, 0.5) is 0 Å². The van der Waals surface area contributed by atoms with Crippen molar-refractivity contribution in [3.05, 3.63) is 66.2 Å². The molecule has 0 N–H and O–H groups in total. The van der Waals surface area contributed by atoms with Crippen LogP contribution in [0.2, 0.25) is 0 Å². The van der Waals surface area contributed by atoms with Gasteiger partial charge in [-0.25, -0.2) is 0 Å². The first-order valence-electron chi connectivity index (χ1n) is 3.87. The number of carbonyl (C=O) groups is 1. The summed E-state index contributed by atoms with van der Waals surface area (Å²) in [6.07, 6.45) is 1.84. The molecule has 0 aliphatic rings. The number of rotatable bonds is 2. The molecule has 2 rings (SSSR count). The summed E-state index contributed by atoms with van der Waals surface area (Å²) in [5.74, 6) is 0. The maximum Gasteiger partial charge on any atom is 0.00139 e. The Bertz CT molecular complexity index is 370. The smallest absolute Gasteiger partial charge is 0.00139 e. The summed E-state index contributed by atoms with van der Waals surface area (Å²) in [6, 6.07) is 22.3. The van der Waals surface area contributed by atoms with E-state index in [0.717, 1.165) is 0 Å². The molecule has 0 bridgehead atoms. The molecule has 2 aromatic carbocycles. The molecule has 0 saturated heterocycles. The molecule has 0 saturated carbocycles. The zero-order chi connectivity index (χ0) is 10.9. The topological polar surface area (TPSA) is 17.1 Å². The predicted octanol–water partition coefficient (Wildman–Crippen LogP) is 1.99. The summed E-state index contributed by atoms with van der Waals surface area (Å²) in [4.78, 5) is 9.90. The van der Waals surface area contributed by atoms with Crippen molar-refractivity contribution in [1.82, 2.24) is 0 Å². The van der Waals surface area contributed by atoms with E-state index in [2.05, 4.69) is 48.5 Å². The number of carbonyl (C=O) groups excluding carboxylic acids is 1. The summed E-state index contributed by atoms with van der Waals surface area (Å²) in [5.41, 5.74) is 0.522. The third-order valence-corrected chi connectivity index (χ3v) is 1.56. The van der Waals surface area contributed by atoms with Crippen LogP contribution < -0.4 is 0 Å². The molecule has 0 unspecified atom stereocenters. The minimum Gasteiger partial charge on any atom is -0.999 e. The van der Waals surface area contributed by atoms with E-state index in [1.807, 2.05) is 0 Å². The molecule has 0 atom stereocenters. The van der Waals surface area contributed by atoms with Crippen molar-refractivity contribution in [3.63, 3.8) is 0 Å². The van der Waals surface area contributed by atoms with Gasteiger partial charge in [0.15, 0.2) is 0 Å². The van der Waals surface area contributed by atoms with E-state index < -0.39 is 0 Å². The summed E-state index contributed by atoms with van der Waals surface area (Å²) < 4.78 is 0. The van der Waals surface area contributed by atoms with Crippen LogP contribution >= 0.6 is 11.6 Å². The van der Waals surface area contributed by atoms with Crippen LogP contribution in [0.15, 0.2) is 12.1 Å². The first-order chi connectivity index (χ1) is 7.34. The normalized spacial score (nSPS) is 9.69. The van der Waals surface area contributed by atoms with Gasteiger partial charge in [0.25, 0.3) is 0 Å². The van der Waals surface area contributed by atoms with Crippen LogP contribution in [0.25, 0.3) is 5.03 Å². The molecule has 0 amide bonds. The molecule has 86 valence electrons. The standard InChI is InChI=1S/C8H2ClO.C5H.Fe/c9-8(5-6-10)7-3-1-2-4-7;1-2-4-5-3-1;/h5-6H;1H;/q2*-5;. The van der Waals surface area contributed by atoms with Crippen molar-refractivity contribution in [2.24, 2.45) is 0 Å². The number of allylic oxidation sites excluding steroid dienone is 1. The van der Waals surface area contributed by atoms with Crippen molar-refractivity contribution >= 4 is 22.9 Å². The van der Waals surface area contributed by atoms with Crippen LogP contribution in [0.3, 0.4) is 0 Å². The first kappa shape index (κ1) is 14.9. The monoisotopic (exact) mass is 266 g/mol. The Kier molecular flexibility index (Phi) is 8.55. The van der Waals surface area contributed by atoms with Crippen molar-refractivity contribution in [3.8, 4) is 0 Å². The van der Waals surface area contributed by atoms with E-state index in [1.165, 1.54) is 6.08 Å². The van der Waals surface area contributed by atoms with Crippen LogP contribution in [0, 0.1) is 48.5 Å². The Morgan fingerprint density at radius 1 is 1.12 bits per heavy atom. The van der Waals surface area contributed by atoms with Crippen molar-refractivity contribution < 1.29 is 21.9 Å². The fraction of sp³-hybridized carbons (Fsp3) is 0. The van der Waals surface area contributed by atoms with Gasteiger partial charge in [-0.2, -0.15) is 0 Å². The second-order valence-corrected chi connectivity index (χ2v) is 2.62. The minimum absolute atomic E-state index is 0. The van der Waals surface area contributed by atoms with E-state index >= 15 is 0 Å². The molecule has 3 heteroatoms. The quantitative estimate of drug-likeness (QED) is 0.352. The van der Waals surface area contributed by atoms with Gasteiger partial charge in [-0.15, -0.1) is 0 Å². The van der Waals surface area contributed by atoms with E-state index in [-0.39, 0.29) is 17.1 Å². The third kappa shape index (κ3) is 5.72. The van der Waals surface area contributed by atoms with Crippen LogP contribution in [0.1, 0.15) is 5.56 Å². The second-order valence-electron chi connectivity index (χ2n) is 2.21. The number of hydrogen-bond acceptors (Lipinski definition) is 1. The van der Waals surface area contributed by atoms with Crippen LogP contribution in [0.5, 0.6) is 0 Å². The van der Waals surface area contributed by atoms with Gasteiger partial charge in [-0.1, -0.05) is 0 Å². The van der Waals surface area contributed by atoms with Crippen LogP contribution in [-0.4, -0.2) is 6.29 Å². The van der Waals surface area contributed by atoms with Crippen LogP contribution in [-0.2, 0) is 21.9 Å². The molecule has 0 fully saturated rings. The number of hydrogen-bond donors (Lipinski definition) is 0. The molecule has 0 heterocycles. The van der Waals surface area contributed by atoms with E-state index in [4.69, 9.17) is 11.6 Å². The van der Waals surface area contributed by atoms with Gasteiger partial charge < -0.3 is 87.7 Å². The fourth-order valence-electron chi connectivity index (χ4n) is 0.662. The average Bonchev–Trinajstić information content (AvgIpc) is 2.95. The molecule has 2 aromatic rings. The maximum absolute atomic E-state index is 9.90. The Balaban J connectivity index is 0.000000318. The number of halogens is 1. The summed E-state index contributed by atoms with van der Waals surface area (Å²) in [5, 5.41) is 0.313. The summed E-state index contributed by atoms with van der Waals surface area (Å²) in [6.45, 7) is 0. The van der Waals surface area contributed by atoms with Crippen molar-refractivity contribution in [2.75, 3.05) is 0 Å². The summed E-state index contributed by atoms with van der Waals surface area (Å²) in [7, 11) is 0. The average molecular weight is 266 g/mol. The molecule has 0 aliphatic carbocycles. The maximum atomic E-state index is 9.90. The van der Waals surface area contributed by atoms with E-state index in [0.29, 0.717) is 16.9 Å². The largest absolute Gasteiger partial charge is 0.999 e. The SMILES string of the molecule is O=CC=C(Cl)[c-]1[c-][c-][c-][c-]1.[Fe].[c-]1[c-][c-][cH-][c-]1. The molecule has 16 heavy (non-hydrogen) atoms. The van der Waals surface area contributed by atoms with Crippen molar-refractivity contribution in [2.45, 2.75) is 0 Å². The molecular formula is C13H3ClFeO-10. The van der Waals surface area contributed by atoms with E-state index in [1.54, 1.807) is 6.07 Å². The Morgan fingerprint density at radius 3 is 2.06 bits per heavy atom. The second kappa shape index (κ2) is 9.17. The fourth-order valence-corrected chi connectivity index (χ4v) is 0.808. The Hall–Kier alpha value is -1.08. The van der Waals surface area contributed by atoms with Gasteiger partial charge in [-0.3, -0.25) is 0 Å². The minimum atomic E-state index is 0. The zero-order valence-corrected chi connectivity index (χ0v) is 9.73. The van der Waals surface area contributed by atoms with Gasteiger partial charge >= 0.3 is 0 Å². The predicted molar refractivity (Wildman–Crippen MR) is 54.7 cm³/mol. The van der Waals surface area contributed by atoms with E-state index in [9.17, 15) is 4.79 Å². The van der Waals surface area contributed by atoms with Gasteiger partial charge in [0.1, 0.15) is 0 Å². The van der Waals surface area contributed by atoms with Crippen molar-refractivity contribution in [1.29, 1.82) is 0 Å². The molecule has 0 aromatic heterocycles. The molecule has 0 spiro atoms. The third-order valence-electron chi connectivity index (χ3n) is 1.24. The van der Waals surface area contributed by atoms with Gasteiger partial charge in [-0.05, 0) is 0 Å². The molecule has 1 nitrogen and oxygen atoms in total. The molecule has 0 aliphatic heterocycles. The summed E-state index contributed by atoms with van der Waals surface area (Å²) >= 11 is 5.58.